The molecule has 4 rings (SSSR count). The zero-order valence-corrected chi connectivity index (χ0v) is 19.2. The first-order valence-electron chi connectivity index (χ1n) is 10.8. The molecule has 1 heterocycles. The van der Waals surface area contributed by atoms with Gasteiger partial charge in [0.25, 0.3) is 0 Å². The number of ketones is 1. The highest BCUT2D eigenvalue weighted by Gasteiger charge is 2.44. The molecule has 1 aliphatic rings. The average molecular weight is 477 g/mol. The molecule has 0 aliphatic carbocycles. The van der Waals surface area contributed by atoms with E-state index in [0.29, 0.717) is 29.1 Å². The van der Waals surface area contributed by atoms with Gasteiger partial charge in [-0.3, -0.25) is 15.4 Å². The lowest BCUT2D eigenvalue weighted by Crippen LogP contribution is -2.42. The number of rotatable bonds is 6. The van der Waals surface area contributed by atoms with Crippen molar-refractivity contribution in [1.82, 2.24) is 0 Å². The highest BCUT2D eigenvalue weighted by atomic mass is 32.2. The van der Waals surface area contributed by atoms with Crippen molar-refractivity contribution in [2.45, 2.75) is 11.3 Å². The number of anilines is 2. The Labute approximate surface area is 201 Å². The van der Waals surface area contributed by atoms with Crippen LogP contribution in [0.1, 0.15) is 16.8 Å². The lowest BCUT2D eigenvalue weighted by Gasteiger charge is -2.30. The van der Waals surface area contributed by atoms with Gasteiger partial charge in [0.15, 0.2) is 5.78 Å². The molecule has 0 atom stereocenters. The second-order valence-corrected chi connectivity index (χ2v) is 8.98. The summed E-state index contributed by atoms with van der Waals surface area (Å²) in [6.07, 6.45) is -0.989. The maximum absolute atomic E-state index is 13.7. The molecule has 0 spiro atoms. The lowest BCUT2D eigenvalue weighted by molar-refractivity contribution is 0.0297. The molecule has 0 saturated heterocycles. The van der Waals surface area contributed by atoms with Crippen molar-refractivity contribution in [2.75, 3.05) is 29.6 Å². The van der Waals surface area contributed by atoms with Crippen LogP contribution in [0.3, 0.4) is 0 Å². The number of carbonyl (C=O) groups is 3. The van der Waals surface area contributed by atoms with Gasteiger partial charge in [0.1, 0.15) is 18.6 Å². The van der Waals surface area contributed by atoms with E-state index in [2.05, 4.69) is 10.6 Å². The standard InChI is InChI=1S/C26H24N2O5S/c29-23-21-13-7-8-14-22(21)34-16-15-26(23,17-32-24(30)27-19-9-3-1-4-10-19)18-33-25(31)28-20-11-5-2-6-12-20/h1-14H,15-18H2,(H,27,30)(H,28,31). The summed E-state index contributed by atoms with van der Waals surface area (Å²) < 4.78 is 11.0. The van der Waals surface area contributed by atoms with Crippen LogP contribution in [0.5, 0.6) is 0 Å². The molecular formula is C26H24N2O5S. The molecule has 1 aliphatic heterocycles. The van der Waals surface area contributed by atoms with Crippen molar-refractivity contribution in [2.24, 2.45) is 5.41 Å². The lowest BCUT2D eigenvalue weighted by atomic mass is 9.79. The van der Waals surface area contributed by atoms with Gasteiger partial charge in [-0.15, -0.1) is 11.8 Å². The molecule has 3 aromatic rings. The molecule has 0 radical (unpaired) electrons. The highest BCUT2D eigenvalue weighted by molar-refractivity contribution is 7.99. The molecule has 8 heteroatoms. The van der Waals surface area contributed by atoms with Crippen molar-refractivity contribution in [3.63, 3.8) is 0 Å². The smallest absolute Gasteiger partial charge is 0.411 e. The number of Topliss-reactive ketones (excluding diaryl/α,β-unsaturated/α-hetero) is 1. The predicted molar refractivity (Wildman–Crippen MR) is 131 cm³/mol. The van der Waals surface area contributed by atoms with Gasteiger partial charge in [-0.2, -0.15) is 0 Å². The second-order valence-electron chi connectivity index (χ2n) is 7.84. The summed E-state index contributed by atoms with van der Waals surface area (Å²) in [4.78, 5) is 39.4. The number of carbonyl (C=O) groups excluding carboxylic acids is 3. The number of hydrogen-bond acceptors (Lipinski definition) is 6. The van der Waals surface area contributed by atoms with E-state index in [1.807, 2.05) is 24.3 Å². The molecule has 0 unspecified atom stereocenters. The zero-order valence-electron chi connectivity index (χ0n) is 18.4. The van der Waals surface area contributed by atoms with Crippen LogP contribution in [-0.4, -0.2) is 36.9 Å². The predicted octanol–water partition coefficient (Wildman–Crippen LogP) is 5.85. The Balaban J connectivity index is 1.50. The first kappa shape index (κ1) is 23.4. The molecule has 3 aromatic carbocycles. The third-order valence-corrected chi connectivity index (χ3v) is 6.53. The Bertz CT molecular complexity index is 1100. The van der Waals surface area contributed by atoms with Gasteiger partial charge in [0.05, 0.1) is 0 Å². The van der Waals surface area contributed by atoms with Crippen LogP contribution < -0.4 is 10.6 Å². The van der Waals surface area contributed by atoms with Crippen LogP contribution in [0, 0.1) is 5.41 Å². The number of thioether (sulfide) groups is 1. The Kier molecular flexibility index (Phi) is 7.49. The summed E-state index contributed by atoms with van der Waals surface area (Å²) in [5, 5.41) is 5.30. The Morgan fingerprint density at radius 3 is 1.82 bits per heavy atom. The van der Waals surface area contributed by atoms with Crippen molar-refractivity contribution in [3.05, 3.63) is 90.5 Å². The van der Waals surface area contributed by atoms with E-state index in [-0.39, 0.29) is 19.0 Å². The van der Waals surface area contributed by atoms with Crippen LogP contribution in [0.15, 0.2) is 89.8 Å². The summed E-state index contributed by atoms with van der Waals surface area (Å²) in [6, 6.07) is 25.1. The Morgan fingerprint density at radius 1 is 0.765 bits per heavy atom. The number of para-hydroxylation sites is 2. The molecule has 34 heavy (non-hydrogen) atoms. The van der Waals surface area contributed by atoms with Crippen LogP contribution in [0.25, 0.3) is 0 Å². The quantitative estimate of drug-likeness (QED) is 0.464. The van der Waals surface area contributed by atoms with Crippen LogP contribution in [0.2, 0.25) is 0 Å². The first-order chi connectivity index (χ1) is 16.6. The van der Waals surface area contributed by atoms with E-state index < -0.39 is 17.6 Å². The van der Waals surface area contributed by atoms with Crippen LogP contribution >= 0.6 is 11.8 Å². The number of amides is 2. The van der Waals surface area contributed by atoms with Crippen molar-refractivity contribution >= 4 is 41.1 Å². The summed E-state index contributed by atoms with van der Waals surface area (Å²) >= 11 is 1.56. The maximum atomic E-state index is 13.7. The molecule has 0 bridgehead atoms. The largest absolute Gasteiger partial charge is 0.448 e. The Morgan fingerprint density at radius 2 is 1.26 bits per heavy atom. The van der Waals surface area contributed by atoms with Gasteiger partial charge in [0, 0.05) is 21.8 Å². The van der Waals surface area contributed by atoms with Gasteiger partial charge >= 0.3 is 12.2 Å². The van der Waals surface area contributed by atoms with Gasteiger partial charge in [-0.25, -0.2) is 9.59 Å². The van der Waals surface area contributed by atoms with Gasteiger partial charge < -0.3 is 9.47 Å². The van der Waals surface area contributed by atoms with Gasteiger partial charge in [-0.05, 0) is 42.5 Å². The Hall–Kier alpha value is -3.78. The maximum Gasteiger partial charge on any atom is 0.411 e. The van der Waals surface area contributed by atoms with Crippen molar-refractivity contribution < 1.29 is 23.9 Å². The summed E-state index contributed by atoms with van der Waals surface area (Å²) in [6.45, 7) is -0.448. The molecule has 0 fully saturated rings. The molecule has 0 saturated carbocycles. The van der Waals surface area contributed by atoms with E-state index in [0.717, 1.165) is 4.90 Å². The van der Waals surface area contributed by atoms with E-state index in [1.165, 1.54) is 0 Å². The monoisotopic (exact) mass is 476 g/mol. The first-order valence-corrected chi connectivity index (χ1v) is 11.8. The van der Waals surface area contributed by atoms with E-state index in [1.54, 1.807) is 72.4 Å². The molecule has 2 N–H and O–H groups in total. The normalized spacial score (nSPS) is 14.3. The topological polar surface area (TPSA) is 93.7 Å². The highest BCUT2D eigenvalue weighted by Crippen LogP contribution is 2.39. The van der Waals surface area contributed by atoms with E-state index >= 15 is 0 Å². The SMILES string of the molecule is O=C(Nc1ccccc1)OCC1(COC(=O)Nc2ccccc2)CCSc2ccccc2C1=O. The summed E-state index contributed by atoms with van der Waals surface area (Å²) in [5.41, 5.74) is 0.479. The molecule has 174 valence electrons. The average Bonchev–Trinajstić information content (AvgIpc) is 3.00. The van der Waals surface area contributed by atoms with E-state index in [9.17, 15) is 14.4 Å². The van der Waals surface area contributed by atoms with Crippen molar-refractivity contribution in [3.8, 4) is 0 Å². The zero-order chi connectivity index (χ0) is 23.8. The molecule has 0 aromatic heterocycles. The summed E-state index contributed by atoms with van der Waals surface area (Å²) in [5.74, 6) is 0.393. The molecule has 2 amide bonds. The van der Waals surface area contributed by atoms with E-state index in [4.69, 9.17) is 9.47 Å². The number of hydrogen-bond donors (Lipinski definition) is 2. The molecular weight excluding hydrogens is 452 g/mol. The van der Waals surface area contributed by atoms with Gasteiger partial charge in [-0.1, -0.05) is 54.6 Å². The third-order valence-electron chi connectivity index (χ3n) is 5.45. The fourth-order valence-electron chi connectivity index (χ4n) is 3.61. The number of fused-ring (bicyclic) bond motifs is 1. The third kappa shape index (κ3) is 5.77. The van der Waals surface area contributed by atoms with Crippen molar-refractivity contribution in [1.29, 1.82) is 0 Å². The minimum absolute atomic E-state index is 0.215. The second kappa shape index (κ2) is 10.9. The molecule has 7 nitrogen and oxygen atoms in total. The van der Waals surface area contributed by atoms with Gasteiger partial charge in [0.2, 0.25) is 0 Å². The minimum atomic E-state index is -1.21. The fourth-order valence-corrected chi connectivity index (χ4v) is 4.81. The fraction of sp³-hybridized carbons (Fsp3) is 0.192. The van der Waals surface area contributed by atoms with Crippen LogP contribution in [0.4, 0.5) is 21.0 Å². The minimum Gasteiger partial charge on any atom is -0.448 e. The summed E-state index contributed by atoms with van der Waals surface area (Å²) in [7, 11) is 0. The van der Waals surface area contributed by atoms with Crippen LogP contribution in [-0.2, 0) is 9.47 Å². The number of benzene rings is 3. The number of nitrogens with one attached hydrogen (secondary N) is 2. The number of ether oxygens (including phenoxy) is 2.